The molecule has 4 aliphatic rings. The molecule has 0 saturated heterocycles. The maximum absolute atomic E-state index is 2.64. The Morgan fingerprint density at radius 1 is 0.857 bits per heavy atom. The highest BCUT2D eigenvalue weighted by molar-refractivity contribution is 5.31. The van der Waals surface area contributed by atoms with Crippen molar-refractivity contribution < 1.29 is 0 Å². The molecule has 0 aromatic heterocycles. The topological polar surface area (TPSA) is 0 Å². The molecule has 0 aromatic rings. The van der Waals surface area contributed by atoms with E-state index in [-0.39, 0.29) is 0 Å². The molecule has 4 rings (SSSR count). The van der Waals surface area contributed by atoms with E-state index in [1.807, 2.05) is 5.57 Å². The van der Waals surface area contributed by atoms with Crippen LogP contribution in [0.3, 0.4) is 0 Å². The molecule has 0 amide bonds. The average Bonchev–Trinajstić information content (AvgIpc) is 2.82. The Balaban J connectivity index is 1.92. The second kappa shape index (κ2) is 2.46. The summed E-state index contributed by atoms with van der Waals surface area (Å²) < 4.78 is 0. The van der Waals surface area contributed by atoms with Crippen molar-refractivity contribution >= 4 is 0 Å². The molecule has 14 heavy (non-hydrogen) atoms. The Kier molecular flexibility index (Phi) is 1.40. The Hall–Kier alpha value is -0.260. The molecule has 4 atom stereocenters. The van der Waals surface area contributed by atoms with Crippen LogP contribution in [-0.2, 0) is 0 Å². The quantitative estimate of drug-likeness (QED) is 0.505. The zero-order valence-corrected chi connectivity index (χ0v) is 8.97. The second-order valence-corrected chi connectivity index (χ2v) is 6.02. The van der Waals surface area contributed by atoms with E-state index in [9.17, 15) is 0 Å². The second-order valence-electron chi connectivity index (χ2n) is 6.02. The third-order valence-corrected chi connectivity index (χ3v) is 5.98. The fourth-order valence-corrected chi connectivity index (χ4v) is 5.74. The van der Waals surface area contributed by atoms with Gasteiger partial charge in [0.15, 0.2) is 0 Å². The van der Waals surface area contributed by atoms with E-state index >= 15 is 0 Å². The van der Waals surface area contributed by atoms with E-state index in [1.54, 1.807) is 32.1 Å². The number of allylic oxidation sites excluding steroid dienone is 2. The van der Waals surface area contributed by atoms with Gasteiger partial charge < -0.3 is 0 Å². The van der Waals surface area contributed by atoms with Gasteiger partial charge in [-0.25, -0.2) is 0 Å². The Morgan fingerprint density at radius 2 is 1.50 bits per heavy atom. The molecule has 4 unspecified atom stereocenters. The largest absolute Gasteiger partial charge is 0.0847 e. The van der Waals surface area contributed by atoms with Crippen LogP contribution in [0.4, 0.5) is 0 Å². The molecule has 3 saturated carbocycles. The maximum Gasteiger partial charge on any atom is -0.000322 e. The molecule has 0 bridgehead atoms. The summed E-state index contributed by atoms with van der Waals surface area (Å²) in [6, 6.07) is 0. The summed E-state index contributed by atoms with van der Waals surface area (Å²) in [6.45, 7) is 0. The van der Waals surface area contributed by atoms with Crippen molar-refractivity contribution in [3.63, 3.8) is 0 Å². The summed E-state index contributed by atoms with van der Waals surface area (Å²) in [7, 11) is 0. The molecule has 4 aliphatic carbocycles. The van der Waals surface area contributed by atoms with Crippen LogP contribution >= 0.6 is 0 Å². The lowest BCUT2D eigenvalue weighted by Crippen LogP contribution is -2.34. The van der Waals surface area contributed by atoms with Crippen molar-refractivity contribution in [2.24, 2.45) is 23.2 Å². The molecule has 0 heterocycles. The predicted octanol–water partition coefficient (Wildman–Crippen LogP) is 3.92. The van der Waals surface area contributed by atoms with E-state index in [4.69, 9.17) is 0 Å². The molecule has 0 nitrogen and oxygen atoms in total. The smallest absolute Gasteiger partial charge is 0.000322 e. The predicted molar refractivity (Wildman–Crippen MR) is 57.9 cm³/mol. The van der Waals surface area contributed by atoms with Crippen molar-refractivity contribution in [1.82, 2.24) is 0 Å². The van der Waals surface area contributed by atoms with Gasteiger partial charge in [-0.05, 0) is 74.5 Å². The molecular weight excluding hydrogens is 168 g/mol. The maximum atomic E-state index is 2.64. The summed E-state index contributed by atoms with van der Waals surface area (Å²) in [6.07, 6.45) is 14.8. The van der Waals surface area contributed by atoms with Gasteiger partial charge in [0.2, 0.25) is 0 Å². The highest BCUT2D eigenvalue weighted by Gasteiger charge is 2.62. The standard InChI is InChI=1S/C14H20/c1-2-10-4-6-12-8-9-13-7-5-11(3-1)14(10,12)13/h2,11-13H,1,3-9H2. The summed E-state index contributed by atoms with van der Waals surface area (Å²) in [5.41, 5.74) is 2.72. The summed E-state index contributed by atoms with van der Waals surface area (Å²) in [5, 5.41) is 0. The van der Waals surface area contributed by atoms with Gasteiger partial charge in [0.25, 0.3) is 0 Å². The molecule has 0 heteroatoms. The Morgan fingerprint density at radius 3 is 2.29 bits per heavy atom. The zero-order valence-electron chi connectivity index (χ0n) is 8.97. The first-order valence-corrected chi connectivity index (χ1v) is 6.62. The van der Waals surface area contributed by atoms with Crippen molar-refractivity contribution in [1.29, 1.82) is 0 Å². The first-order valence-electron chi connectivity index (χ1n) is 6.62. The normalized spacial score (nSPS) is 54.3. The zero-order chi connectivity index (χ0) is 9.17. The summed E-state index contributed by atoms with van der Waals surface area (Å²) in [4.78, 5) is 0. The van der Waals surface area contributed by atoms with Gasteiger partial charge in [0.05, 0.1) is 0 Å². The fourth-order valence-electron chi connectivity index (χ4n) is 5.74. The fraction of sp³-hybridized carbons (Fsp3) is 0.857. The molecule has 0 radical (unpaired) electrons. The van der Waals surface area contributed by atoms with Gasteiger partial charge in [-0.1, -0.05) is 11.6 Å². The minimum absolute atomic E-state index is 0.790. The van der Waals surface area contributed by atoms with Crippen LogP contribution in [0, 0.1) is 23.2 Å². The molecule has 0 aliphatic heterocycles. The van der Waals surface area contributed by atoms with Gasteiger partial charge in [-0.2, -0.15) is 0 Å². The molecule has 0 aromatic carbocycles. The van der Waals surface area contributed by atoms with Crippen LogP contribution in [0.25, 0.3) is 0 Å². The lowest BCUT2D eigenvalue weighted by atomic mass is 9.63. The lowest BCUT2D eigenvalue weighted by molar-refractivity contribution is 0.156. The molecular formula is C14H20. The molecule has 1 spiro atoms. The highest BCUT2D eigenvalue weighted by Crippen LogP contribution is 2.71. The van der Waals surface area contributed by atoms with Crippen LogP contribution in [0.1, 0.15) is 51.4 Å². The Bertz CT molecular complexity index is 293. The molecule has 3 fully saturated rings. The van der Waals surface area contributed by atoms with Crippen molar-refractivity contribution in [2.75, 3.05) is 0 Å². The van der Waals surface area contributed by atoms with Gasteiger partial charge in [0.1, 0.15) is 0 Å². The first kappa shape index (κ1) is 7.96. The molecule has 76 valence electrons. The van der Waals surface area contributed by atoms with Gasteiger partial charge in [-0.15, -0.1) is 0 Å². The van der Waals surface area contributed by atoms with E-state index in [1.165, 1.54) is 19.3 Å². The van der Waals surface area contributed by atoms with Crippen LogP contribution in [0.5, 0.6) is 0 Å². The van der Waals surface area contributed by atoms with Gasteiger partial charge in [0, 0.05) is 0 Å². The Labute approximate surface area is 86.8 Å². The van der Waals surface area contributed by atoms with Crippen LogP contribution in [0.15, 0.2) is 11.6 Å². The van der Waals surface area contributed by atoms with E-state index < -0.39 is 0 Å². The van der Waals surface area contributed by atoms with Crippen molar-refractivity contribution in [3.8, 4) is 0 Å². The van der Waals surface area contributed by atoms with E-state index in [0.29, 0.717) is 0 Å². The lowest BCUT2D eigenvalue weighted by Gasteiger charge is -2.41. The van der Waals surface area contributed by atoms with Crippen LogP contribution in [-0.4, -0.2) is 0 Å². The van der Waals surface area contributed by atoms with Crippen molar-refractivity contribution in [2.45, 2.75) is 51.4 Å². The van der Waals surface area contributed by atoms with E-state index in [0.717, 1.165) is 23.2 Å². The van der Waals surface area contributed by atoms with E-state index in [2.05, 4.69) is 6.08 Å². The summed E-state index contributed by atoms with van der Waals surface area (Å²) >= 11 is 0. The molecule has 0 N–H and O–H groups in total. The van der Waals surface area contributed by atoms with Crippen LogP contribution < -0.4 is 0 Å². The highest BCUT2D eigenvalue weighted by atomic mass is 14.7. The number of rotatable bonds is 0. The van der Waals surface area contributed by atoms with Crippen LogP contribution in [0.2, 0.25) is 0 Å². The third-order valence-electron chi connectivity index (χ3n) is 5.98. The minimum Gasteiger partial charge on any atom is -0.0847 e. The SMILES string of the molecule is C1=C2CCC3CCC4CCC(CC1)C234. The van der Waals surface area contributed by atoms with Crippen molar-refractivity contribution in [3.05, 3.63) is 11.6 Å². The number of hydrogen-bond acceptors (Lipinski definition) is 0. The monoisotopic (exact) mass is 188 g/mol. The average molecular weight is 188 g/mol. The summed E-state index contributed by atoms with van der Waals surface area (Å²) in [5.74, 6) is 3.35. The van der Waals surface area contributed by atoms with Gasteiger partial charge >= 0.3 is 0 Å². The number of hydrogen-bond donors (Lipinski definition) is 0. The third kappa shape index (κ3) is 0.677. The van der Waals surface area contributed by atoms with Gasteiger partial charge in [-0.3, -0.25) is 0 Å². The first-order chi connectivity index (χ1) is 6.92. The minimum atomic E-state index is 0.790.